The van der Waals surface area contributed by atoms with E-state index in [0.717, 1.165) is 31.7 Å². The monoisotopic (exact) mass is 245 g/mol. The van der Waals surface area contributed by atoms with E-state index in [1.807, 2.05) is 7.05 Å². The molecule has 18 heavy (non-hydrogen) atoms. The zero-order valence-electron chi connectivity index (χ0n) is 10.9. The average Bonchev–Trinajstić information content (AvgIpc) is 2.38. The van der Waals surface area contributed by atoms with Gasteiger partial charge in [0.1, 0.15) is 6.07 Å². The summed E-state index contributed by atoms with van der Waals surface area (Å²) in [6, 6.07) is 4.22. The van der Waals surface area contributed by atoms with Gasteiger partial charge in [-0.25, -0.2) is 4.98 Å². The van der Waals surface area contributed by atoms with Crippen LogP contribution in [0.1, 0.15) is 18.4 Å². The number of pyridine rings is 1. The molecule has 0 bridgehead atoms. The zero-order chi connectivity index (χ0) is 13.1. The van der Waals surface area contributed by atoms with Gasteiger partial charge in [0.15, 0.2) is 5.82 Å². The van der Waals surface area contributed by atoms with Gasteiger partial charge < -0.3 is 15.5 Å². The van der Waals surface area contributed by atoms with Crippen LogP contribution in [-0.4, -0.2) is 43.1 Å². The lowest BCUT2D eigenvalue weighted by Crippen LogP contribution is -2.42. The summed E-state index contributed by atoms with van der Waals surface area (Å²) in [6.45, 7) is 2.20. The summed E-state index contributed by atoms with van der Waals surface area (Å²) in [5, 5.41) is 8.80. The lowest BCUT2D eigenvalue weighted by Gasteiger charge is -2.36. The van der Waals surface area contributed by atoms with Crippen molar-refractivity contribution in [2.45, 2.75) is 18.9 Å². The van der Waals surface area contributed by atoms with Crippen molar-refractivity contribution in [3.8, 4) is 6.07 Å². The van der Waals surface area contributed by atoms with E-state index in [-0.39, 0.29) is 0 Å². The highest BCUT2D eigenvalue weighted by Gasteiger charge is 2.22. The average molecular weight is 245 g/mol. The summed E-state index contributed by atoms with van der Waals surface area (Å²) in [4.78, 5) is 8.78. The van der Waals surface area contributed by atoms with Crippen LogP contribution in [0.25, 0.3) is 0 Å². The van der Waals surface area contributed by atoms with Crippen molar-refractivity contribution < 1.29 is 0 Å². The van der Waals surface area contributed by atoms with Crippen LogP contribution in [0.5, 0.6) is 0 Å². The van der Waals surface area contributed by atoms with Gasteiger partial charge in [0, 0.05) is 19.3 Å². The standard InChI is InChI=1S/C13H19N5/c1-17-5-3-11(4-6-17)18(2)13-12(15)7-10(8-14)9-16-13/h7,9,11H,3-6,15H2,1-2H3. The van der Waals surface area contributed by atoms with Crippen LogP contribution >= 0.6 is 0 Å². The highest BCUT2D eigenvalue weighted by Crippen LogP contribution is 2.25. The Morgan fingerprint density at radius 3 is 2.72 bits per heavy atom. The van der Waals surface area contributed by atoms with E-state index in [2.05, 4.69) is 27.9 Å². The number of nitrogens with two attached hydrogens (primary N) is 1. The molecule has 5 nitrogen and oxygen atoms in total. The molecule has 0 saturated carbocycles. The number of likely N-dealkylation sites (tertiary alicyclic amines) is 1. The maximum absolute atomic E-state index is 8.80. The van der Waals surface area contributed by atoms with Crippen molar-refractivity contribution in [1.82, 2.24) is 9.88 Å². The van der Waals surface area contributed by atoms with Crippen LogP contribution in [-0.2, 0) is 0 Å². The SMILES string of the molecule is CN1CCC(N(C)c2ncc(C#N)cc2N)CC1. The lowest BCUT2D eigenvalue weighted by molar-refractivity contribution is 0.252. The molecule has 1 fully saturated rings. The topological polar surface area (TPSA) is 69.2 Å². The first-order chi connectivity index (χ1) is 8.61. The zero-order valence-corrected chi connectivity index (χ0v) is 10.9. The van der Waals surface area contributed by atoms with Crippen LogP contribution in [0.15, 0.2) is 12.3 Å². The third-order valence-electron chi connectivity index (χ3n) is 3.59. The van der Waals surface area contributed by atoms with Crippen LogP contribution in [0.4, 0.5) is 11.5 Å². The Hall–Kier alpha value is -1.80. The Kier molecular flexibility index (Phi) is 3.68. The smallest absolute Gasteiger partial charge is 0.151 e. The van der Waals surface area contributed by atoms with Crippen molar-refractivity contribution in [1.29, 1.82) is 5.26 Å². The molecule has 2 N–H and O–H groups in total. The van der Waals surface area contributed by atoms with E-state index in [9.17, 15) is 0 Å². The second kappa shape index (κ2) is 5.23. The second-order valence-corrected chi connectivity index (χ2v) is 4.89. The van der Waals surface area contributed by atoms with Crippen molar-refractivity contribution in [3.63, 3.8) is 0 Å². The number of hydrogen-bond donors (Lipinski definition) is 1. The molecule has 5 heteroatoms. The summed E-state index contributed by atoms with van der Waals surface area (Å²) >= 11 is 0. The number of hydrogen-bond acceptors (Lipinski definition) is 5. The first-order valence-electron chi connectivity index (χ1n) is 6.19. The fourth-order valence-corrected chi connectivity index (χ4v) is 2.39. The first-order valence-corrected chi connectivity index (χ1v) is 6.19. The Bertz CT molecular complexity index is 457. The molecule has 2 heterocycles. The van der Waals surface area contributed by atoms with Gasteiger partial charge in [0.05, 0.1) is 11.3 Å². The molecule has 0 amide bonds. The molecule has 96 valence electrons. The molecule has 2 rings (SSSR count). The Balaban J connectivity index is 2.14. The molecular weight excluding hydrogens is 226 g/mol. The van der Waals surface area contributed by atoms with E-state index < -0.39 is 0 Å². The predicted molar refractivity (Wildman–Crippen MR) is 72.3 cm³/mol. The molecule has 0 aromatic carbocycles. The van der Waals surface area contributed by atoms with Gasteiger partial charge in [-0.1, -0.05) is 0 Å². The van der Waals surface area contributed by atoms with Gasteiger partial charge in [-0.05, 0) is 39.0 Å². The van der Waals surface area contributed by atoms with Gasteiger partial charge in [0.2, 0.25) is 0 Å². The number of piperidine rings is 1. The van der Waals surface area contributed by atoms with E-state index in [1.165, 1.54) is 0 Å². The molecule has 1 saturated heterocycles. The normalized spacial score (nSPS) is 17.4. The van der Waals surface area contributed by atoms with Gasteiger partial charge in [-0.15, -0.1) is 0 Å². The third kappa shape index (κ3) is 2.54. The van der Waals surface area contributed by atoms with Crippen molar-refractivity contribution in [2.75, 3.05) is 37.8 Å². The van der Waals surface area contributed by atoms with E-state index in [4.69, 9.17) is 11.0 Å². The molecule has 1 aromatic heterocycles. The molecule has 0 radical (unpaired) electrons. The largest absolute Gasteiger partial charge is 0.396 e. The van der Waals surface area contributed by atoms with Gasteiger partial charge in [-0.2, -0.15) is 5.26 Å². The summed E-state index contributed by atoms with van der Waals surface area (Å²) < 4.78 is 0. The summed E-state index contributed by atoms with van der Waals surface area (Å²) in [6.07, 6.45) is 3.82. The lowest BCUT2D eigenvalue weighted by atomic mass is 10.0. The maximum Gasteiger partial charge on any atom is 0.151 e. The minimum Gasteiger partial charge on any atom is -0.396 e. The Morgan fingerprint density at radius 2 is 2.17 bits per heavy atom. The molecule has 1 aromatic rings. The molecule has 0 atom stereocenters. The summed E-state index contributed by atoms with van der Waals surface area (Å²) in [7, 11) is 4.17. The number of nitrogens with zero attached hydrogens (tertiary/aromatic N) is 4. The van der Waals surface area contributed by atoms with Crippen LogP contribution in [0, 0.1) is 11.3 Å². The molecule has 0 unspecified atom stereocenters. The summed E-state index contributed by atoms with van der Waals surface area (Å²) in [5.41, 5.74) is 7.05. The number of rotatable bonds is 2. The molecule has 0 spiro atoms. The molecule has 1 aliphatic rings. The van der Waals surface area contributed by atoms with Gasteiger partial charge in [0.25, 0.3) is 0 Å². The first kappa shape index (κ1) is 12.7. The highest BCUT2D eigenvalue weighted by atomic mass is 15.2. The fourth-order valence-electron chi connectivity index (χ4n) is 2.39. The van der Waals surface area contributed by atoms with Crippen LogP contribution in [0.2, 0.25) is 0 Å². The predicted octanol–water partition coefficient (Wildman–Crippen LogP) is 1.07. The quantitative estimate of drug-likeness (QED) is 0.844. The summed E-state index contributed by atoms with van der Waals surface area (Å²) in [5.74, 6) is 0.781. The van der Waals surface area contributed by atoms with Gasteiger partial charge >= 0.3 is 0 Å². The highest BCUT2D eigenvalue weighted by molar-refractivity contribution is 5.64. The Morgan fingerprint density at radius 1 is 1.50 bits per heavy atom. The fraction of sp³-hybridized carbons (Fsp3) is 0.538. The Labute approximate surface area is 108 Å². The number of nitrogen functional groups attached to an aromatic ring is 1. The molecule has 1 aliphatic heterocycles. The van der Waals surface area contributed by atoms with Crippen molar-refractivity contribution in [3.05, 3.63) is 17.8 Å². The van der Waals surface area contributed by atoms with E-state index in [0.29, 0.717) is 17.3 Å². The van der Waals surface area contributed by atoms with Crippen LogP contribution in [0.3, 0.4) is 0 Å². The number of anilines is 2. The maximum atomic E-state index is 8.80. The van der Waals surface area contributed by atoms with Crippen molar-refractivity contribution >= 4 is 11.5 Å². The molecular formula is C13H19N5. The third-order valence-corrected chi connectivity index (χ3v) is 3.59. The minimum atomic E-state index is 0.476. The number of nitriles is 1. The van der Waals surface area contributed by atoms with Gasteiger partial charge in [-0.3, -0.25) is 0 Å². The minimum absolute atomic E-state index is 0.476. The van der Waals surface area contributed by atoms with E-state index in [1.54, 1.807) is 12.3 Å². The van der Waals surface area contributed by atoms with Crippen molar-refractivity contribution in [2.24, 2.45) is 0 Å². The number of aromatic nitrogens is 1. The second-order valence-electron chi connectivity index (χ2n) is 4.89. The van der Waals surface area contributed by atoms with E-state index >= 15 is 0 Å². The van der Waals surface area contributed by atoms with Crippen LogP contribution < -0.4 is 10.6 Å². The molecule has 0 aliphatic carbocycles.